The molecule has 3 aromatic carbocycles. The maximum absolute atomic E-state index is 13.1. The molecule has 40 nitrogen and oxygen atoms in total. The number of carbonyl (C=O) groups excluding carboxylic acids is 4. The molecule has 0 aliphatic carbocycles. The molecule has 0 spiro atoms. The van der Waals surface area contributed by atoms with E-state index in [1.165, 1.54) is 46.5 Å². The number of rotatable bonds is 27. The minimum atomic E-state index is -2.59. The summed E-state index contributed by atoms with van der Waals surface area (Å²) < 4.78 is 49.8. The zero-order valence-electron chi connectivity index (χ0n) is 59.1. The largest absolute Gasteiger partial charge is 1.00 e. The molecule has 9 aromatic rings. The fourth-order valence-corrected chi connectivity index (χ4v) is 12.7. The number of azide groups is 1. The number of hydrogen-bond donors (Lipinski definition) is 10. The minimum Gasteiger partial charge on any atom is -0.870 e. The van der Waals surface area contributed by atoms with Gasteiger partial charge in [0.05, 0.1) is 76.2 Å². The number of nitrogens with two attached hydrogens (primary N) is 5. The van der Waals surface area contributed by atoms with Crippen molar-refractivity contribution >= 4 is 121 Å². The van der Waals surface area contributed by atoms with E-state index >= 15 is 0 Å². The average Bonchev–Trinajstić information content (AvgIpc) is 1.63. The molecule has 3 aliphatic rings. The van der Waals surface area contributed by atoms with E-state index in [1.54, 1.807) is 98.8 Å². The fourth-order valence-electron chi connectivity index (χ4n) is 12.2. The van der Waals surface area contributed by atoms with Crippen LogP contribution in [-0.2, 0) is 85.9 Å². The molecular weight excluding hydrogens is 1510 g/mol. The third kappa shape index (κ3) is 18.0. The van der Waals surface area contributed by atoms with Crippen LogP contribution in [0.25, 0.3) is 43.9 Å². The van der Waals surface area contributed by atoms with Crippen molar-refractivity contribution in [2.45, 2.75) is 137 Å². The predicted molar refractivity (Wildman–Crippen MR) is 381 cm³/mol. The van der Waals surface area contributed by atoms with Crippen molar-refractivity contribution in [1.82, 2.24) is 58.6 Å². The van der Waals surface area contributed by atoms with Crippen molar-refractivity contribution in [2.24, 2.45) is 16.6 Å². The van der Waals surface area contributed by atoms with Crippen molar-refractivity contribution in [3.8, 4) is 0 Å². The summed E-state index contributed by atoms with van der Waals surface area (Å²) in [7, 11) is 0. The smallest absolute Gasteiger partial charge is 0.870 e. The minimum absolute atomic E-state index is 0. The summed E-state index contributed by atoms with van der Waals surface area (Å²) in [5, 5.41) is 55.3. The Bertz CT molecular complexity index is 4800. The molecular formula is C66H74Cl3LiN20O20. The Morgan fingerprint density at radius 3 is 1.13 bits per heavy atom. The molecule has 44 heteroatoms. The van der Waals surface area contributed by atoms with Crippen LogP contribution in [0.15, 0.2) is 115 Å². The van der Waals surface area contributed by atoms with Crippen molar-refractivity contribution in [3.63, 3.8) is 0 Å². The first kappa shape index (κ1) is 85.8. The number of anilines is 3. The number of nitrogen functional groups attached to an aromatic ring is 3. The van der Waals surface area contributed by atoms with Crippen LogP contribution < -0.4 is 47.5 Å². The van der Waals surface area contributed by atoms with Gasteiger partial charge in [0.15, 0.2) is 64.6 Å². The van der Waals surface area contributed by atoms with Crippen LogP contribution in [0.1, 0.15) is 63.1 Å². The monoisotopic (exact) mass is 1580 g/mol. The van der Waals surface area contributed by atoms with Gasteiger partial charge in [0, 0.05) is 24.2 Å². The number of benzene rings is 3. The molecule has 16 N–H and O–H groups in total. The molecule has 0 radical (unpaired) electrons. The molecule has 0 bridgehead atoms. The van der Waals surface area contributed by atoms with Gasteiger partial charge in [0.2, 0.25) is 27.1 Å². The quantitative estimate of drug-likeness (QED) is 0.00595. The van der Waals surface area contributed by atoms with Gasteiger partial charge < -0.3 is 97.6 Å². The summed E-state index contributed by atoms with van der Waals surface area (Å²) in [6.45, 7) is 4.63. The number of aliphatic hydroxyl groups is 3. The number of aliphatic carboxylic acids is 2. The second kappa shape index (κ2) is 36.8. The second-order valence-electron chi connectivity index (χ2n) is 24.7. The van der Waals surface area contributed by atoms with Crippen LogP contribution in [0.5, 0.6) is 0 Å². The SMILES string of the molecule is CCOC(=O)C(Cc1ccccc1)(OC[C@H]1O[C@@H](n2cnc3c(N)nc(Cl)nc32)[C@H](O)[C@H]1N)C(C)=O.CCOC(=O)C(Cc1ccccc1)(OC[C@H]1O[C@@H](n2cnc3c(N)nc(Cl)nc32)[C@H](O)[C@H]1N=[N+]=[N-])C(C)=O.Nc1nc(Cl)nc2c1ncn2[C@@H]1O[C@H](COC(Cc2ccccc2)(C(=O)O)C(=O)O)[C@H](N)[C@H]1O.[Li+].[OH-]. The van der Waals surface area contributed by atoms with Gasteiger partial charge in [0.1, 0.15) is 47.1 Å². The van der Waals surface area contributed by atoms with Gasteiger partial charge in [-0.25, -0.2) is 34.1 Å². The Morgan fingerprint density at radius 2 is 0.818 bits per heavy atom. The number of carboxylic acid groups (broad SMARTS) is 2. The normalized spacial score (nSPS) is 22.5. The number of carboxylic acids is 2. The van der Waals surface area contributed by atoms with Crippen LogP contribution in [0.2, 0.25) is 15.9 Å². The van der Waals surface area contributed by atoms with Crippen LogP contribution >= 0.6 is 34.8 Å². The van der Waals surface area contributed by atoms with Gasteiger partial charge in [-0.1, -0.05) is 96.1 Å². The first-order valence-electron chi connectivity index (χ1n) is 32.9. The van der Waals surface area contributed by atoms with Gasteiger partial charge in [-0.2, -0.15) is 29.9 Å². The van der Waals surface area contributed by atoms with Crippen molar-refractivity contribution in [3.05, 3.63) is 153 Å². The summed E-state index contributed by atoms with van der Waals surface area (Å²) in [6.07, 6.45) is -6.70. The number of imidazole rings is 3. The number of nitrogens with zero attached hydrogens (tertiary/aromatic N) is 15. The molecule has 0 saturated carbocycles. The Balaban J connectivity index is 0.000000206. The number of carbonyl (C=O) groups is 6. The van der Waals surface area contributed by atoms with Gasteiger partial charge in [-0.3, -0.25) is 23.3 Å². The van der Waals surface area contributed by atoms with Crippen LogP contribution in [0.3, 0.4) is 0 Å². The molecule has 0 amide bonds. The summed E-state index contributed by atoms with van der Waals surface area (Å²) in [5.41, 5.74) is 35.7. The van der Waals surface area contributed by atoms with E-state index in [-0.39, 0.29) is 124 Å². The van der Waals surface area contributed by atoms with E-state index < -0.39 is 145 Å². The molecule has 110 heavy (non-hydrogen) atoms. The Labute approximate surface area is 649 Å². The molecule has 580 valence electrons. The summed E-state index contributed by atoms with van der Waals surface area (Å²) in [4.78, 5) is 115. The zero-order chi connectivity index (χ0) is 78.1. The number of esters is 2. The van der Waals surface area contributed by atoms with E-state index in [0.29, 0.717) is 16.7 Å². The summed E-state index contributed by atoms with van der Waals surface area (Å²) >= 11 is 17.8. The Kier molecular flexibility index (Phi) is 28.7. The van der Waals surface area contributed by atoms with E-state index in [4.69, 9.17) is 107 Å². The number of ether oxygens (including phenoxy) is 8. The van der Waals surface area contributed by atoms with Crippen LogP contribution in [0, 0.1) is 0 Å². The molecule has 2 unspecified atom stereocenters. The second-order valence-corrected chi connectivity index (χ2v) is 25.7. The molecule has 14 atom stereocenters. The first-order chi connectivity index (χ1) is 51.5. The van der Waals surface area contributed by atoms with E-state index in [2.05, 4.69) is 54.9 Å². The first-order valence-corrected chi connectivity index (χ1v) is 34.1. The van der Waals surface area contributed by atoms with E-state index in [9.17, 15) is 54.3 Å². The van der Waals surface area contributed by atoms with Gasteiger partial charge in [-0.05, 0) is 84.7 Å². The number of aliphatic hydroxyl groups excluding tert-OH is 3. The number of halogens is 3. The van der Waals surface area contributed by atoms with Crippen molar-refractivity contribution in [1.29, 1.82) is 0 Å². The molecule has 3 saturated heterocycles. The van der Waals surface area contributed by atoms with Gasteiger partial charge in [-0.15, -0.1) is 0 Å². The molecule has 3 fully saturated rings. The Morgan fingerprint density at radius 1 is 0.518 bits per heavy atom. The molecule has 12 rings (SSSR count). The standard InChI is InChI=1S/C23H25ClN8O6.C23H27ClN6O6.C20H21ClN6O7.Li.H2O/c1-3-36-21(35)23(12(2)33,9-13-7-5-4-6-8-13)37-10-14-15(30-31-26)17(34)20(38-14)32-11-27-16-18(25)28-22(24)29-19(16)32;1-3-34-21(33)23(12(2)31,9-13-7-5-4-6-8-13)35-10-14-15(25)17(32)20(36-14)30-11-27-16-18(26)28-22(24)29-19(16)30;21-19-25-14(23)12-15(26-19)27(8-24-12)16-13(28)11(22)10(34-16)7-33-20(17(29)30,18(31)32)6-9-4-2-1-3-5-9;;/h4-8,11,14-15,17,20,34H,3,9-10H2,1-2H3,(H2,25,28,29);4-8,11,14-15,17,20,32H,3,9-10,25H2,1-2H3,(H2,26,28,29);1-5,8,10-11,13,16,28H,6-7,22H2,(H,29,30)(H,31,32)(H2,23,25,26);;1H2/q;;;+1;/p-1/t2*14-,15+,17-,20-,23?;10-,11+,13-,16-;;/m111../s1. The zero-order valence-corrected chi connectivity index (χ0v) is 61.4. The van der Waals surface area contributed by atoms with E-state index in [0.717, 1.165) is 0 Å². The van der Waals surface area contributed by atoms with Crippen molar-refractivity contribution < 1.29 is 117 Å². The summed E-state index contributed by atoms with van der Waals surface area (Å²) in [6, 6.07) is 22.9. The van der Waals surface area contributed by atoms with Gasteiger partial charge >= 0.3 is 42.7 Å². The predicted octanol–water partition coefficient (Wildman–Crippen LogP) is -0.411. The fraction of sp³-hybridized carbons (Fsp3) is 0.409. The Hall–Kier alpha value is -9.77. The summed E-state index contributed by atoms with van der Waals surface area (Å²) in [5.74, 6) is -6.04. The van der Waals surface area contributed by atoms with Crippen molar-refractivity contribution in [2.75, 3.05) is 50.2 Å². The third-order valence-corrected chi connectivity index (χ3v) is 18.4. The maximum atomic E-state index is 13.1. The van der Waals surface area contributed by atoms with Gasteiger partial charge in [0.25, 0.3) is 5.60 Å². The average molecular weight is 1580 g/mol. The molecule has 3 aliphatic heterocycles. The number of ketones is 2. The number of fused-ring (bicyclic) bond motifs is 3. The van der Waals surface area contributed by atoms with E-state index in [1.807, 2.05) is 6.07 Å². The van der Waals surface area contributed by atoms with Crippen LogP contribution in [0.4, 0.5) is 17.5 Å². The third-order valence-electron chi connectivity index (χ3n) is 17.9. The maximum Gasteiger partial charge on any atom is 1.00 e. The molecule has 9 heterocycles. The number of Topliss-reactive ketones (excluding diaryl/α,β-unsaturated/α-hetero) is 2. The number of hydrogen-bond acceptors (Lipinski definition) is 33. The topological polar surface area (TPSA) is 617 Å². The number of aromatic nitrogens is 12. The molecule has 6 aromatic heterocycles. The van der Waals surface area contributed by atoms with Crippen LogP contribution in [-0.4, -0.2) is 230 Å².